The van der Waals surface area contributed by atoms with E-state index in [-0.39, 0.29) is 12.6 Å². The first kappa shape index (κ1) is 14.9. The molecule has 0 heterocycles. The standard InChI is InChI=1S/C12H20NO4P/c1-10(2)16-12(14)9-13-18(3,15)17-11-7-5-4-6-8-11/h4-8,10,13,15,18H,9H2,1-3H3. The molecule has 1 aromatic carbocycles. The number of para-hydroxylation sites is 1. The quantitative estimate of drug-likeness (QED) is 0.610. The van der Waals surface area contributed by atoms with Crippen LogP contribution < -0.4 is 9.61 Å². The second-order valence-corrected chi connectivity index (χ2v) is 6.81. The first-order chi connectivity index (χ1) is 8.39. The van der Waals surface area contributed by atoms with Crippen LogP contribution in [0.4, 0.5) is 0 Å². The second kappa shape index (κ2) is 6.69. The number of rotatable bonds is 6. The molecular weight excluding hydrogens is 253 g/mol. The third kappa shape index (κ3) is 5.96. The van der Waals surface area contributed by atoms with E-state index in [4.69, 9.17) is 9.26 Å². The summed E-state index contributed by atoms with van der Waals surface area (Å²) in [4.78, 5) is 21.4. The van der Waals surface area contributed by atoms with Gasteiger partial charge in [-0.15, -0.1) is 0 Å². The molecule has 0 aliphatic carbocycles. The van der Waals surface area contributed by atoms with Crippen molar-refractivity contribution in [1.29, 1.82) is 0 Å². The van der Waals surface area contributed by atoms with Gasteiger partial charge < -0.3 is 0 Å². The van der Waals surface area contributed by atoms with Gasteiger partial charge in [0.25, 0.3) is 0 Å². The molecule has 0 spiro atoms. The summed E-state index contributed by atoms with van der Waals surface area (Å²) in [5.74, 6) is 0.160. The summed E-state index contributed by atoms with van der Waals surface area (Å²) in [5.41, 5.74) is 0. The Morgan fingerprint density at radius 2 is 2.00 bits per heavy atom. The van der Waals surface area contributed by atoms with Crippen molar-refractivity contribution in [2.45, 2.75) is 20.0 Å². The third-order valence-corrected chi connectivity index (χ3v) is 3.45. The molecule has 0 atom stereocenters. The third-order valence-electron chi connectivity index (χ3n) is 1.99. The van der Waals surface area contributed by atoms with Gasteiger partial charge in [0.15, 0.2) is 0 Å². The van der Waals surface area contributed by atoms with Gasteiger partial charge in [0.2, 0.25) is 0 Å². The Morgan fingerprint density at radius 1 is 1.39 bits per heavy atom. The van der Waals surface area contributed by atoms with Crippen LogP contribution in [0, 0.1) is 0 Å². The fourth-order valence-corrected chi connectivity index (χ4v) is 2.43. The normalized spacial score (nSPS) is 12.3. The Hall–Kier alpha value is -1.16. The van der Waals surface area contributed by atoms with Crippen molar-refractivity contribution in [3.05, 3.63) is 30.3 Å². The van der Waals surface area contributed by atoms with Gasteiger partial charge in [0.05, 0.1) is 0 Å². The van der Waals surface area contributed by atoms with Crippen LogP contribution in [0.15, 0.2) is 30.3 Å². The Labute approximate surface area is 108 Å². The maximum atomic E-state index is 11.3. The number of carbonyl (C=O) groups is 1. The van der Waals surface area contributed by atoms with E-state index in [2.05, 4.69) is 5.09 Å². The molecule has 0 radical (unpaired) electrons. The summed E-state index contributed by atoms with van der Waals surface area (Å²) in [7, 11) is -3.11. The van der Waals surface area contributed by atoms with Crippen molar-refractivity contribution < 1.29 is 18.9 Å². The number of carbonyl (C=O) groups excluding carboxylic acids is 1. The van der Waals surface area contributed by atoms with Gasteiger partial charge in [0.1, 0.15) is 0 Å². The van der Waals surface area contributed by atoms with Crippen LogP contribution in [-0.4, -0.2) is 30.2 Å². The molecule has 102 valence electrons. The van der Waals surface area contributed by atoms with E-state index in [9.17, 15) is 9.69 Å². The summed E-state index contributed by atoms with van der Waals surface area (Å²) < 4.78 is 10.4. The zero-order chi connectivity index (χ0) is 13.6. The molecule has 2 N–H and O–H groups in total. The molecule has 5 nitrogen and oxygen atoms in total. The van der Waals surface area contributed by atoms with Crippen LogP contribution in [0.25, 0.3) is 0 Å². The number of ether oxygens (including phenoxy) is 1. The molecule has 0 aliphatic heterocycles. The summed E-state index contributed by atoms with van der Waals surface area (Å²) in [5, 5.41) is 2.71. The molecule has 0 amide bonds. The predicted molar refractivity (Wildman–Crippen MR) is 72.8 cm³/mol. The topological polar surface area (TPSA) is 67.8 Å². The predicted octanol–water partition coefficient (Wildman–Crippen LogP) is 1.72. The Morgan fingerprint density at radius 3 is 2.56 bits per heavy atom. The molecule has 18 heavy (non-hydrogen) atoms. The van der Waals surface area contributed by atoms with Crippen molar-refractivity contribution >= 4 is 13.8 Å². The maximum absolute atomic E-state index is 11.3. The van der Waals surface area contributed by atoms with Crippen molar-refractivity contribution in [2.24, 2.45) is 0 Å². The summed E-state index contributed by atoms with van der Waals surface area (Å²) >= 11 is 0. The van der Waals surface area contributed by atoms with Crippen molar-refractivity contribution in [1.82, 2.24) is 5.09 Å². The molecule has 0 unspecified atom stereocenters. The molecule has 0 fully saturated rings. The number of hydrogen-bond acceptors (Lipinski definition) is 5. The van der Waals surface area contributed by atoms with Gasteiger partial charge in [-0.3, -0.25) is 0 Å². The van der Waals surface area contributed by atoms with Crippen molar-refractivity contribution in [2.75, 3.05) is 13.2 Å². The molecule has 6 heteroatoms. The number of esters is 1. The fourth-order valence-electron chi connectivity index (χ4n) is 1.29. The van der Waals surface area contributed by atoms with Crippen LogP contribution in [0.1, 0.15) is 13.8 Å². The van der Waals surface area contributed by atoms with E-state index in [1.807, 2.05) is 18.2 Å². The number of hydrogen-bond donors (Lipinski definition) is 2. The van der Waals surface area contributed by atoms with Crippen molar-refractivity contribution in [3.8, 4) is 5.75 Å². The van der Waals surface area contributed by atoms with Crippen LogP contribution >= 0.6 is 7.87 Å². The van der Waals surface area contributed by atoms with Gasteiger partial charge in [0, 0.05) is 0 Å². The zero-order valence-electron chi connectivity index (χ0n) is 10.8. The van der Waals surface area contributed by atoms with Gasteiger partial charge in [-0.2, -0.15) is 0 Å². The van der Waals surface area contributed by atoms with E-state index < -0.39 is 13.8 Å². The average Bonchev–Trinajstić information content (AvgIpc) is 2.26. The molecule has 0 saturated carbocycles. The average molecular weight is 273 g/mol. The molecule has 1 rings (SSSR count). The minimum atomic E-state index is -3.11. The second-order valence-electron chi connectivity index (χ2n) is 4.29. The first-order valence-electron chi connectivity index (χ1n) is 5.80. The monoisotopic (exact) mass is 273 g/mol. The van der Waals surface area contributed by atoms with E-state index >= 15 is 0 Å². The molecule has 1 aromatic rings. The van der Waals surface area contributed by atoms with Gasteiger partial charge in [-0.05, 0) is 0 Å². The Bertz CT molecular complexity index is 381. The Balaban J connectivity index is 2.42. The minimum absolute atomic E-state index is 0.0652. The van der Waals surface area contributed by atoms with E-state index in [1.54, 1.807) is 32.6 Å². The van der Waals surface area contributed by atoms with Gasteiger partial charge in [-0.25, -0.2) is 0 Å². The molecule has 0 aliphatic rings. The van der Waals surface area contributed by atoms with E-state index in [0.29, 0.717) is 5.75 Å². The van der Waals surface area contributed by atoms with Crippen LogP contribution in [0.3, 0.4) is 0 Å². The van der Waals surface area contributed by atoms with Crippen molar-refractivity contribution in [3.63, 3.8) is 0 Å². The molecule has 0 saturated heterocycles. The molecular formula is C12H20NO4P. The van der Waals surface area contributed by atoms with E-state index in [1.165, 1.54) is 0 Å². The SMILES string of the molecule is CC(C)OC(=O)CN[PH](C)(O)Oc1ccccc1. The first-order valence-corrected chi connectivity index (χ1v) is 8.15. The van der Waals surface area contributed by atoms with Crippen LogP contribution in [-0.2, 0) is 9.53 Å². The van der Waals surface area contributed by atoms with Gasteiger partial charge >= 0.3 is 107 Å². The zero-order valence-corrected chi connectivity index (χ0v) is 11.8. The van der Waals surface area contributed by atoms with Gasteiger partial charge in [-0.1, -0.05) is 0 Å². The molecule has 0 aromatic heterocycles. The number of benzene rings is 1. The van der Waals surface area contributed by atoms with Crippen LogP contribution in [0.2, 0.25) is 0 Å². The fraction of sp³-hybridized carbons (Fsp3) is 0.417. The summed E-state index contributed by atoms with van der Waals surface area (Å²) in [6.45, 7) is 5.04. The Kier molecular flexibility index (Phi) is 5.54. The summed E-state index contributed by atoms with van der Waals surface area (Å²) in [6, 6.07) is 8.97. The summed E-state index contributed by atoms with van der Waals surface area (Å²) in [6.07, 6.45) is -0.166. The van der Waals surface area contributed by atoms with E-state index in [0.717, 1.165) is 0 Å². The van der Waals surface area contributed by atoms with Crippen LogP contribution in [0.5, 0.6) is 5.75 Å². The number of nitrogens with one attached hydrogen (secondary N) is 1. The molecule has 0 bridgehead atoms.